The van der Waals surface area contributed by atoms with Gasteiger partial charge in [-0.15, -0.1) is 0 Å². The Morgan fingerprint density at radius 2 is 1.56 bits per heavy atom. The van der Waals surface area contributed by atoms with Crippen LogP contribution in [0.15, 0.2) is 53.7 Å². The predicted molar refractivity (Wildman–Crippen MR) is 215 cm³/mol. The molecule has 4 heterocycles. The molecule has 0 spiro atoms. The van der Waals surface area contributed by atoms with Gasteiger partial charge in [0.1, 0.15) is 23.3 Å². The van der Waals surface area contributed by atoms with Crippen LogP contribution in [0.25, 0.3) is 21.9 Å². The fourth-order valence-corrected chi connectivity index (χ4v) is 7.19. The van der Waals surface area contributed by atoms with Crippen molar-refractivity contribution >= 4 is 46.0 Å². The highest BCUT2D eigenvalue weighted by Gasteiger charge is 2.47. The van der Waals surface area contributed by atoms with Crippen molar-refractivity contribution in [1.29, 1.82) is 0 Å². The quantitative estimate of drug-likeness (QED) is 0.0911. The van der Waals surface area contributed by atoms with E-state index >= 15 is 0 Å². The van der Waals surface area contributed by atoms with E-state index in [1.54, 1.807) is 58.1 Å². The molecule has 2 aromatic carbocycles. The zero-order chi connectivity index (χ0) is 42.2. The van der Waals surface area contributed by atoms with Gasteiger partial charge in [0.05, 0.1) is 76.4 Å². The third-order valence-electron chi connectivity index (χ3n) is 10.0. The lowest BCUT2D eigenvalue weighted by atomic mass is 9.99. The molecule has 1 unspecified atom stereocenters. The Bertz CT molecular complexity index is 2300. The first kappa shape index (κ1) is 42.2. The van der Waals surface area contributed by atoms with Crippen LogP contribution in [0.1, 0.15) is 39.1 Å². The van der Waals surface area contributed by atoms with Crippen molar-refractivity contribution in [3.05, 3.63) is 76.0 Å². The number of ether oxygens (including phenoxy) is 5. The Hall–Kier alpha value is -6.37. The van der Waals surface area contributed by atoms with E-state index in [1.807, 2.05) is 24.1 Å². The molecule has 2 aromatic heterocycles. The number of carbonyl (C=O) groups is 5. The molecular weight excluding hydrogens is 766 g/mol. The second-order valence-electron chi connectivity index (χ2n) is 13.9. The van der Waals surface area contributed by atoms with Gasteiger partial charge in [0, 0.05) is 62.9 Å². The topological polar surface area (TPSA) is 209 Å². The van der Waals surface area contributed by atoms with Crippen LogP contribution in [0.2, 0.25) is 0 Å². The van der Waals surface area contributed by atoms with Crippen LogP contribution in [-0.4, -0.2) is 129 Å². The Kier molecular flexibility index (Phi) is 13.5. The summed E-state index contributed by atoms with van der Waals surface area (Å²) in [6, 6.07) is 7.68. The zero-order valence-corrected chi connectivity index (χ0v) is 33.5. The molecule has 5 amide bonds. The Morgan fingerprint density at radius 3 is 2.24 bits per heavy atom. The van der Waals surface area contributed by atoms with E-state index in [-0.39, 0.29) is 74.2 Å². The molecule has 1 fully saturated rings. The van der Waals surface area contributed by atoms with Crippen molar-refractivity contribution in [3.8, 4) is 28.4 Å². The number of imide groups is 2. The van der Waals surface area contributed by atoms with Crippen molar-refractivity contribution in [3.63, 3.8) is 0 Å². The Labute approximate surface area is 339 Å². The monoisotopic (exact) mass is 813 g/mol. The summed E-state index contributed by atoms with van der Waals surface area (Å²) >= 11 is 0. The highest BCUT2D eigenvalue weighted by atomic mass is 16.5. The molecule has 1 atom stereocenters. The molecule has 0 saturated carbocycles. The number of piperidine rings is 1. The smallest absolute Gasteiger partial charge is 0.266 e. The second kappa shape index (κ2) is 18.9. The highest BCUT2D eigenvalue weighted by molar-refractivity contribution is 6.26. The van der Waals surface area contributed by atoms with E-state index in [0.717, 1.165) is 27.0 Å². The fraction of sp³-hybridized carbons (Fsp3) is 0.390. The van der Waals surface area contributed by atoms with Gasteiger partial charge in [-0.25, -0.2) is 0 Å². The van der Waals surface area contributed by atoms with Crippen LogP contribution in [0.4, 0.5) is 5.69 Å². The minimum absolute atomic E-state index is 0.0171. The predicted octanol–water partition coefficient (Wildman–Crippen LogP) is 1.72. The fourth-order valence-electron chi connectivity index (χ4n) is 7.19. The first-order chi connectivity index (χ1) is 28.5. The van der Waals surface area contributed by atoms with E-state index in [2.05, 4.69) is 20.9 Å². The molecular formula is C41H47N7O11. The molecule has 3 N–H and O–H groups in total. The van der Waals surface area contributed by atoms with Gasteiger partial charge in [0.25, 0.3) is 17.4 Å². The van der Waals surface area contributed by atoms with E-state index in [0.29, 0.717) is 42.2 Å². The molecule has 18 heteroatoms. The maximum absolute atomic E-state index is 13.4. The van der Waals surface area contributed by atoms with Gasteiger partial charge >= 0.3 is 0 Å². The first-order valence-electron chi connectivity index (χ1n) is 18.9. The highest BCUT2D eigenvalue weighted by Crippen LogP contribution is 2.39. The third kappa shape index (κ3) is 9.19. The standard InChI is InChI=1S/C41H47N7O11/c1-46(21-28-32(56-4)18-24(19-33(28)57-5)27-22-47(2)39(52)26-20-42-11-10-25(26)27)23-35(50)44-13-15-59-17-16-58-14-12-43-29-6-8-31(55-3)37-36(29)40(53)48(41(37)54)30-7-9-34(49)45-38(30)51/h6,8,10-11,18-20,22,30,43H,7,9,12-17,21,23H2,1-5H3,(H,44,50)(H,45,49,51). The number of hydrogen-bond acceptors (Lipinski definition) is 14. The summed E-state index contributed by atoms with van der Waals surface area (Å²) in [6.45, 7) is 2.14. The number of nitrogens with zero attached hydrogens (tertiary/aromatic N) is 4. The summed E-state index contributed by atoms with van der Waals surface area (Å²) in [4.78, 5) is 83.2. The van der Waals surface area contributed by atoms with Crippen molar-refractivity contribution in [2.45, 2.75) is 25.4 Å². The van der Waals surface area contributed by atoms with Gasteiger partial charge in [-0.2, -0.15) is 0 Å². The van der Waals surface area contributed by atoms with Crippen LogP contribution in [0, 0.1) is 0 Å². The number of methoxy groups -OCH3 is 3. The average molecular weight is 814 g/mol. The van der Waals surface area contributed by atoms with Gasteiger partial charge in [0.2, 0.25) is 17.7 Å². The van der Waals surface area contributed by atoms with Gasteiger partial charge in [-0.05, 0) is 54.8 Å². The summed E-state index contributed by atoms with van der Waals surface area (Å²) < 4.78 is 29.7. The third-order valence-corrected chi connectivity index (χ3v) is 10.0. The molecule has 0 radical (unpaired) electrons. The van der Waals surface area contributed by atoms with Crippen molar-refractivity contribution in [2.24, 2.45) is 7.05 Å². The second-order valence-corrected chi connectivity index (χ2v) is 13.9. The molecule has 0 bridgehead atoms. The zero-order valence-electron chi connectivity index (χ0n) is 33.5. The molecule has 2 aliphatic heterocycles. The van der Waals surface area contributed by atoms with Crippen molar-refractivity contribution in [1.82, 2.24) is 30.0 Å². The molecule has 59 heavy (non-hydrogen) atoms. The number of hydrogen-bond donors (Lipinski definition) is 3. The van der Waals surface area contributed by atoms with Crippen LogP contribution in [-0.2, 0) is 37.4 Å². The largest absolute Gasteiger partial charge is 0.496 e. The van der Waals surface area contributed by atoms with E-state index in [9.17, 15) is 28.8 Å². The summed E-state index contributed by atoms with van der Waals surface area (Å²) in [7, 11) is 8.04. The van der Waals surface area contributed by atoms with E-state index in [1.165, 1.54) is 11.7 Å². The van der Waals surface area contributed by atoms with Crippen LogP contribution < -0.4 is 35.7 Å². The summed E-state index contributed by atoms with van der Waals surface area (Å²) in [5, 5.41) is 9.43. The number of benzene rings is 2. The summed E-state index contributed by atoms with van der Waals surface area (Å²) in [5.74, 6) is -1.30. The van der Waals surface area contributed by atoms with Gasteiger partial charge < -0.3 is 38.9 Å². The number of anilines is 1. The van der Waals surface area contributed by atoms with Crippen molar-refractivity contribution in [2.75, 3.05) is 79.8 Å². The number of aryl methyl sites for hydroxylation is 1. The Balaban J connectivity index is 0.916. The number of rotatable bonds is 19. The van der Waals surface area contributed by atoms with Crippen LogP contribution in [0.3, 0.4) is 0 Å². The number of aromatic nitrogens is 2. The minimum atomic E-state index is -1.10. The number of amides is 5. The average Bonchev–Trinajstić information content (AvgIpc) is 3.49. The van der Waals surface area contributed by atoms with Gasteiger partial charge in [-0.3, -0.25) is 48.9 Å². The maximum Gasteiger partial charge on any atom is 0.266 e. The summed E-state index contributed by atoms with van der Waals surface area (Å²) in [5.41, 5.74) is 2.77. The summed E-state index contributed by atoms with van der Waals surface area (Å²) in [6.07, 6.45) is 5.04. The number of likely N-dealkylation sites (N-methyl/N-ethyl adjacent to an activating group) is 1. The molecule has 1 saturated heterocycles. The molecule has 0 aliphatic carbocycles. The van der Waals surface area contributed by atoms with E-state index < -0.39 is 29.7 Å². The number of fused-ring (bicyclic) bond motifs is 2. The lowest BCUT2D eigenvalue weighted by Gasteiger charge is -2.27. The molecule has 4 aromatic rings. The van der Waals surface area contributed by atoms with E-state index in [4.69, 9.17) is 23.7 Å². The van der Waals surface area contributed by atoms with Gasteiger partial charge in [0.15, 0.2) is 0 Å². The minimum Gasteiger partial charge on any atom is -0.496 e. The molecule has 312 valence electrons. The normalized spacial score (nSPS) is 15.1. The SMILES string of the molecule is COc1cc(-c2cn(C)c(=O)c3cnccc23)cc(OC)c1CN(C)CC(=O)NCCOCCOCCNc1ccc(OC)c2c1C(=O)N(C1CCC(=O)NC1=O)C2=O. The van der Waals surface area contributed by atoms with Gasteiger partial charge in [-0.1, -0.05) is 0 Å². The lowest BCUT2D eigenvalue weighted by Crippen LogP contribution is -2.54. The number of nitrogens with one attached hydrogen (secondary N) is 3. The van der Waals surface area contributed by atoms with Crippen LogP contribution >= 0.6 is 0 Å². The van der Waals surface area contributed by atoms with Crippen molar-refractivity contribution < 1.29 is 47.7 Å². The van der Waals surface area contributed by atoms with Crippen LogP contribution in [0.5, 0.6) is 17.2 Å². The lowest BCUT2D eigenvalue weighted by molar-refractivity contribution is -0.136. The molecule has 6 rings (SSSR count). The Morgan fingerprint density at radius 1 is 0.881 bits per heavy atom. The maximum atomic E-state index is 13.4. The number of carbonyl (C=O) groups excluding carboxylic acids is 5. The number of pyridine rings is 2. The molecule has 18 nitrogen and oxygen atoms in total. The first-order valence-corrected chi connectivity index (χ1v) is 18.9. The molecule has 2 aliphatic rings.